The molecule has 0 N–H and O–H groups in total. The minimum atomic E-state index is -0.765. The van der Waals surface area contributed by atoms with Crippen molar-refractivity contribution >= 4 is 5.78 Å². The molecule has 2 aliphatic rings. The van der Waals surface area contributed by atoms with Gasteiger partial charge in [-0.05, 0) is 74.0 Å². The number of hydrogen-bond acceptors (Lipinski definition) is 1. The molecule has 114 valence electrons. The quantitative estimate of drug-likeness (QED) is 0.750. The summed E-state index contributed by atoms with van der Waals surface area (Å²) in [7, 11) is 0. The Morgan fingerprint density at radius 3 is 2.05 bits per heavy atom. The maximum absolute atomic E-state index is 13.3. The van der Waals surface area contributed by atoms with Gasteiger partial charge in [0.1, 0.15) is 5.78 Å². The smallest absolute Gasteiger partial charge is 0.159 e. The summed E-state index contributed by atoms with van der Waals surface area (Å²) in [5, 5.41) is 0. The van der Waals surface area contributed by atoms with E-state index in [4.69, 9.17) is 0 Å². The van der Waals surface area contributed by atoms with E-state index in [0.29, 0.717) is 17.6 Å². The molecular formula is C18H22F2O. The molecule has 0 heterocycles. The zero-order valence-corrected chi connectivity index (χ0v) is 12.3. The first kappa shape index (κ1) is 14.7. The Morgan fingerprint density at radius 2 is 1.43 bits per heavy atom. The monoisotopic (exact) mass is 292 g/mol. The summed E-state index contributed by atoms with van der Waals surface area (Å²) in [5.74, 6) is 0.705. The lowest BCUT2D eigenvalue weighted by Gasteiger charge is -2.35. The van der Waals surface area contributed by atoms with E-state index in [-0.39, 0.29) is 0 Å². The number of carbonyl (C=O) groups excluding carboxylic acids is 1. The average molecular weight is 292 g/mol. The van der Waals surface area contributed by atoms with Crippen molar-refractivity contribution in [2.24, 2.45) is 11.8 Å². The van der Waals surface area contributed by atoms with Gasteiger partial charge in [0, 0.05) is 12.8 Å². The predicted molar refractivity (Wildman–Crippen MR) is 78.0 cm³/mol. The van der Waals surface area contributed by atoms with E-state index in [2.05, 4.69) is 0 Å². The molecule has 0 bridgehead atoms. The molecule has 0 unspecified atom stereocenters. The Kier molecular flexibility index (Phi) is 4.37. The minimum Gasteiger partial charge on any atom is -0.300 e. The van der Waals surface area contributed by atoms with Crippen LogP contribution in [0.3, 0.4) is 0 Å². The van der Waals surface area contributed by atoms with E-state index >= 15 is 0 Å². The zero-order valence-electron chi connectivity index (χ0n) is 12.3. The number of Topliss-reactive ketones (excluding diaryl/α,β-unsaturated/α-hetero) is 1. The van der Waals surface area contributed by atoms with Crippen molar-refractivity contribution in [3.8, 4) is 0 Å². The fraction of sp³-hybridized carbons (Fsp3) is 0.611. The Bertz CT molecular complexity index is 508. The van der Waals surface area contributed by atoms with E-state index in [1.54, 1.807) is 6.07 Å². The van der Waals surface area contributed by atoms with Crippen LogP contribution >= 0.6 is 0 Å². The summed E-state index contributed by atoms with van der Waals surface area (Å²) in [6, 6.07) is 4.33. The Hall–Kier alpha value is -1.25. The van der Waals surface area contributed by atoms with Crippen LogP contribution in [0.1, 0.15) is 62.8 Å². The van der Waals surface area contributed by atoms with Gasteiger partial charge in [-0.2, -0.15) is 0 Å². The molecule has 0 saturated heterocycles. The summed E-state index contributed by atoms with van der Waals surface area (Å²) in [4.78, 5) is 11.3. The molecule has 1 nitrogen and oxygen atoms in total. The highest BCUT2D eigenvalue weighted by Gasteiger charge is 2.30. The molecule has 2 saturated carbocycles. The van der Waals surface area contributed by atoms with E-state index in [1.807, 2.05) is 0 Å². The van der Waals surface area contributed by atoms with E-state index < -0.39 is 11.6 Å². The van der Waals surface area contributed by atoms with Crippen LogP contribution in [0.15, 0.2) is 18.2 Å². The maximum atomic E-state index is 13.3. The first-order valence-electron chi connectivity index (χ1n) is 8.10. The van der Waals surface area contributed by atoms with Gasteiger partial charge in [-0.25, -0.2) is 8.78 Å². The predicted octanol–water partition coefficient (Wildman–Crippen LogP) is 5.00. The molecule has 1 aromatic rings. The molecule has 0 radical (unpaired) electrons. The molecule has 0 atom stereocenters. The van der Waals surface area contributed by atoms with Gasteiger partial charge in [0.25, 0.3) is 0 Å². The van der Waals surface area contributed by atoms with Crippen molar-refractivity contribution in [1.82, 2.24) is 0 Å². The van der Waals surface area contributed by atoms with Crippen LogP contribution in [-0.2, 0) is 4.79 Å². The van der Waals surface area contributed by atoms with Gasteiger partial charge >= 0.3 is 0 Å². The Morgan fingerprint density at radius 1 is 0.810 bits per heavy atom. The first-order chi connectivity index (χ1) is 10.1. The summed E-state index contributed by atoms with van der Waals surface area (Å²) >= 11 is 0. The number of rotatable bonds is 2. The van der Waals surface area contributed by atoms with E-state index in [1.165, 1.54) is 12.1 Å². The van der Waals surface area contributed by atoms with Gasteiger partial charge in [-0.1, -0.05) is 6.07 Å². The van der Waals surface area contributed by atoms with Gasteiger partial charge in [-0.3, -0.25) is 4.79 Å². The third-order valence-corrected chi connectivity index (χ3v) is 5.44. The maximum Gasteiger partial charge on any atom is 0.159 e. The Balaban J connectivity index is 1.57. The largest absolute Gasteiger partial charge is 0.300 e. The summed E-state index contributed by atoms with van der Waals surface area (Å²) in [6.45, 7) is 0. The molecule has 3 rings (SSSR count). The molecule has 0 amide bonds. The summed E-state index contributed by atoms with van der Waals surface area (Å²) < 4.78 is 26.3. The highest BCUT2D eigenvalue weighted by molar-refractivity contribution is 5.79. The number of carbonyl (C=O) groups is 1. The molecular weight excluding hydrogens is 270 g/mol. The minimum absolute atomic E-state index is 0.363. The molecule has 2 aliphatic carbocycles. The van der Waals surface area contributed by atoms with Crippen molar-refractivity contribution < 1.29 is 13.6 Å². The standard InChI is InChI=1S/C18H22F2O/c19-17-10-7-15(11-18(17)20)14-3-1-12(2-4-14)13-5-8-16(21)9-6-13/h7,10-14H,1-6,8-9H2/t12-,14-. The highest BCUT2D eigenvalue weighted by atomic mass is 19.2. The number of halogens is 2. The van der Waals surface area contributed by atoms with Gasteiger partial charge in [0.2, 0.25) is 0 Å². The summed E-state index contributed by atoms with van der Waals surface area (Å²) in [5.41, 5.74) is 0.936. The molecule has 0 aliphatic heterocycles. The van der Waals surface area contributed by atoms with Crippen LogP contribution in [0.5, 0.6) is 0 Å². The molecule has 1 aromatic carbocycles. The van der Waals surface area contributed by atoms with Gasteiger partial charge in [0.05, 0.1) is 0 Å². The highest BCUT2D eigenvalue weighted by Crippen LogP contribution is 2.42. The fourth-order valence-corrected chi connectivity index (χ4v) is 4.12. The topological polar surface area (TPSA) is 17.1 Å². The lowest BCUT2D eigenvalue weighted by atomic mass is 9.70. The first-order valence-corrected chi connectivity index (χ1v) is 8.10. The van der Waals surface area contributed by atoms with Crippen LogP contribution in [-0.4, -0.2) is 5.78 Å². The zero-order chi connectivity index (χ0) is 14.8. The fourth-order valence-electron chi connectivity index (χ4n) is 4.12. The average Bonchev–Trinajstić information content (AvgIpc) is 2.51. The van der Waals surface area contributed by atoms with Crippen LogP contribution in [0, 0.1) is 23.5 Å². The third kappa shape index (κ3) is 3.33. The van der Waals surface area contributed by atoms with Crippen LogP contribution < -0.4 is 0 Å². The van der Waals surface area contributed by atoms with Gasteiger partial charge < -0.3 is 0 Å². The second-order valence-corrected chi connectivity index (χ2v) is 6.66. The SMILES string of the molecule is O=C1CCC([C@H]2CC[C@H](c3ccc(F)c(F)c3)CC2)CC1. The van der Waals surface area contributed by atoms with E-state index in [0.717, 1.165) is 62.8 Å². The molecule has 0 spiro atoms. The Labute approximate surface area is 124 Å². The normalized spacial score (nSPS) is 27.8. The molecule has 0 aromatic heterocycles. The van der Waals surface area contributed by atoms with Crippen LogP contribution in [0.4, 0.5) is 8.78 Å². The lowest BCUT2D eigenvalue weighted by molar-refractivity contribution is -0.121. The third-order valence-electron chi connectivity index (χ3n) is 5.44. The van der Waals surface area contributed by atoms with Crippen molar-refractivity contribution in [2.45, 2.75) is 57.3 Å². The van der Waals surface area contributed by atoms with Gasteiger partial charge in [-0.15, -0.1) is 0 Å². The lowest BCUT2D eigenvalue weighted by Crippen LogP contribution is -2.25. The van der Waals surface area contributed by atoms with Crippen molar-refractivity contribution in [1.29, 1.82) is 0 Å². The van der Waals surface area contributed by atoms with Gasteiger partial charge in [0.15, 0.2) is 11.6 Å². The van der Waals surface area contributed by atoms with Crippen molar-refractivity contribution in [2.75, 3.05) is 0 Å². The molecule has 3 heteroatoms. The second-order valence-electron chi connectivity index (χ2n) is 6.66. The number of ketones is 1. The van der Waals surface area contributed by atoms with E-state index in [9.17, 15) is 13.6 Å². The molecule has 2 fully saturated rings. The van der Waals surface area contributed by atoms with Crippen LogP contribution in [0.2, 0.25) is 0 Å². The summed E-state index contributed by atoms with van der Waals surface area (Å²) in [6.07, 6.45) is 8.05. The molecule has 21 heavy (non-hydrogen) atoms. The number of hydrogen-bond donors (Lipinski definition) is 0. The van der Waals surface area contributed by atoms with Crippen molar-refractivity contribution in [3.63, 3.8) is 0 Å². The van der Waals surface area contributed by atoms with Crippen molar-refractivity contribution in [3.05, 3.63) is 35.4 Å². The van der Waals surface area contributed by atoms with Crippen LogP contribution in [0.25, 0.3) is 0 Å². The second kappa shape index (κ2) is 6.25. The number of benzene rings is 1.